The van der Waals surface area contributed by atoms with Crippen LogP contribution < -0.4 is 30.9 Å². The summed E-state index contributed by atoms with van der Waals surface area (Å²) in [5.41, 5.74) is 4.44. The van der Waals surface area contributed by atoms with Crippen LogP contribution in [0, 0.1) is 13.8 Å². The first-order valence-corrected chi connectivity index (χ1v) is 12.6. The molecule has 0 saturated carbocycles. The third-order valence-electron chi connectivity index (χ3n) is 6.09. The summed E-state index contributed by atoms with van der Waals surface area (Å²) < 4.78 is 40.8. The van der Waals surface area contributed by atoms with Gasteiger partial charge in [-0.1, -0.05) is 6.07 Å². The smallest absolute Gasteiger partial charge is 0.406 e. The van der Waals surface area contributed by atoms with Crippen LogP contribution >= 0.6 is 0 Å². The van der Waals surface area contributed by atoms with Crippen molar-refractivity contribution >= 4 is 46.5 Å². The largest absolute Gasteiger partial charge is 0.573 e. The van der Waals surface area contributed by atoms with E-state index >= 15 is 0 Å². The molecule has 0 radical (unpaired) electrons. The van der Waals surface area contributed by atoms with E-state index in [0.717, 1.165) is 28.9 Å². The molecule has 3 aromatic carbocycles. The molecule has 0 aliphatic carbocycles. The number of carbonyl (C=O) groups is 2. The summed E-state index contributed by atoms with van der Waals surface area (Å²) >= 11 is 0. The summed E-state index contributed by atoms with van der Waals surface area (Å²) in [4.78, 5) is 35.4. The lowest BCUT2D eigenvalue weighted by atomic mass is 10.1. The van der Waals surface area contributed by atoms with Crippen LogP contribution in [0.5, 0.6) is 5.75 Å². The minimum atomic E-state index is -4.79. The number of ether oxygens (including phenoxy) is 1. The van der Waals surface area contributed by atoms with Crippen LogP contribution in [-0.4, -0.2) is 42.4 Å². The highest BCUT2D eigenvalue weighted by molar-refractivity contribution is 6.00. The lowest BCUT2D eigenvalue weighted by molar-refractivity contribution is -0.274. The minimum Gasteiger partial charge on any atom is -0.406 e. The molecular formula is C29H28F3N7O3. The summed E-state index contributed by atoms with van der Waals surface area (Å²) in [6.45, 7) is 3.74. The van der Waals surface area contributed by atoms with Gasteiger partial charge in [0.15, 0.2) is 0 Å². The Morgan fingerprint density at radius 2 is 1.45 bits per heavy atom. The summed E-state index contributed by atoms with van der Waals surface area (Å²) in [5, 5.41) is 11.0. The lowest BCUT2D eigenvalue weighted by Gasteiger charge is -2.21. The van der Waals surface area contributed by atoms with Crippen molar-refractivity contribution in [3.05, 3.63) is 89.6 Å². The number of amides is 3. The third-order valence-corrected chi connectivity index (χ3v) is 6.09. The predicted octanol–water partition coefficient (Wildman–Crippen LogP) is 6.51. The van der Waals surface area contributed by atoms with Crippen molar-refractivity contribution in [1.82, 2.24) is 15.3 Å². The molecule has 0 fully saturated rings. The highest BCUT2D eigenvalue weighted by atomic mass is 19.4. The molecule has 1 heterocycles. The minimum absolute atomic E-state index is 0.189. The molecule has 218 valence electrons. The number of aryl methyl sites for hydroxylation is 2. The van der Waals surface area contributed by atoms with Gasteiger partial charge in [0.1, 0.15) is 11.6 Å². The lowest BCUT2D eigenvalue weighted by Crippen LogP contribution is -2.20. The molecule has 0 aliphatic rings. The molecule has 42 heavy (non-hydrogen) atoms. The number of urea groups is 1. The van der Waals surface area contributed by atoms with Crippen LogP contribution in [0.15, 0.2) is 72.9 Å². The highest BCUT2D eigenvalue weighted by Gasteiger charge is 2.31. The van der Waals surface area contributed by atoms with Crippen molar-refractivity contribution in [3.63, 3.8) is 0 Å². The Balaban J connectivity index is 1.40. The molecule has 0 aliphatic heterocycles. The van der Waals surface area contributed by atoms with Gasteiger partial charge in [0, 0.05) is 54.2 Å². The number of aromatic nitrogens is 2. The molecule has 0 saturated heterocycles. The Kier molecular flexibility index (Phi) is 8.79. The van der Waals surface area contributed by atoms with Gasteiger partial charge in [-0.3, -0.25) is 4.79 Å². The van der Waals surface area contributed by atoms with E-state index in [1.807, 2.05) is 37.9 Å². The molecule has 4 N–H and O–H groups in total. The van der Waals surface area contributed by atoms with Gasteiger partial charge >= 0.3 is 12.4 Å². The van der Waals surface area contributed by atoms with Gasteiger partial charge in [-0.25, -0.2) is 9.78 Å². The van der Waals surface area contributed by atoms with E-state index in [1.54, 1.807) is 43.6 Å². The van der Waals surface area contributed by atoms with E-state index in [0.29, 0.717) is 28.7 Å². The number of hydrogen-bond acceptors (Lipinski definition) is 7. The van der Waals surface area contributed by atoms with E-state index in [-0.39, 0.29) is 17.3 Å². The van der Waals surface area contributed by atoms with Crippen molar-refractivity contribution in [2.75, 3.05) is 34.9 Å². The zero-order valence-corrected chi connectivity index (χ0v) is 23.1. The first-order chi connectivity index (χ1) is 19.9. The van der Waals surface area contributed by atoms with Gasteiger partial charge < -0.3 is 30.9 Å². The van der Waals surface area contributed by atoms with Crippen molar-refractivity contribution in [3.8, 4) is 5.75 Å². The Morgan fingerprint density at radius 1 is 0.857 bits per heavy atom. The van der Waals surface area contributed by atoms with Crippen molar-refractivity contribution in [2.45, 2.75) is 20.2 Å². The first kappa shape index (κ1) is 29.6. The normalized spacial score (nSPS) is 10.9. The van der Waals surface area contributed by atoms with Gasteiger partial charge in [0.05, 0.1) is 0 Å². The maximum atomic E-state index is 12.4. The fraction of sp³-hybridized carbons (Fsp3) is 0.172. The number of anilines is 6. The zero-order chi connectivity index (χ0) is 30.4. The number of hydrogen-bond donors (Lipinski definition) is 4. The highest BCUT2D eigenvalue weighted by Crippen LogP contribution is 2.28. The van der Waals surface area contributed by atoms with E-state index in [4.69, 9.17) is 0 Å². The molecule has 1 aromatic heterocycles. The second kappa shape index (κ2) is 12.5. The Morgan fingerprint density at radius 3 is 2.05 bits per heavy atom. The third kappa shape index (κ3) is 7.65. The van der Waals surface area contributed by atoms with Gasteiger partial charge in [-0.15, -0.1) is 13.2 Å². The fourth-order valence-corrected chi connectivity index (χ4v) is 3.97. The number of halogens is 3. The Bertz CT molecular complexity index is 1580. The molecule has 0 atom stereocenters. The molecular weight excluding hydrogens is 551 g/mol. The summed E-state index contributed by atoms with van der Waals surface area (Å²) in [7, 11) is 3.42. The fourth-order valence-electron chi connectivity index (χ4n) is 3.97. The van der Waals surface area contributed by atoms with Crippen molar-refractivity contribution in [1.29, 1.82) is 0 Å². The van der Waals surface area contributed by atoms with Gasteiger partial charge in [0.25, 0.3) is 5.91 Å². The monoisotopic (exact) mass is 579 g/mol. The Labute approximate surface area is 239 Å². The van der Waals surface area contributed by atoms with Crippen LogP contribution in [0.2, 0.25) is 0 Å². The number of benzene rings is 3. The van der Waals surface area contributed by atoms with Gasteiger partial charge in [0.2, 0.25) is 5.95 Å². The standard InChI is InChI=1S/C29H28F3N7O3/c1-17-5-6-21(15-24(17)26(40)33-3)35-27-34-16-18(2)25(38-27)39(4)22-11-7-19(8-12-22)36-28(41)37-20-9-13-23(14-10-20)42-29(30,31)32/h5-16H,1-4H3,(H,33,40)(H,34,35,38)(H2,36,37,41). The molecule has 0 bridgehead atoms. The molecule has 10 nitrogen and oxygen atoms in total. The van der Waals surface area contributed by atoms with Gasteiger partial charge in [-0.05, 0) is 80.1 Å². The molecule has 0 spiro atoms. The van der Waals surface area contributed by atoms with E-state index < -0.39 is 12.4 Å². The summed E-state index contributed by atoms with van der Waals surface area (Å²) in [6, 6.07) is 16.6. The topological polar surface area (TPSA) is 121 Å². The average Bonchev–Trinajstić information content (AvgIpc) is 2.95. The molecule has 0 unspecified atom stereocenters. The number of carbonyl (C=O) groups excluding carboxylic acids is 2. The maximum Gasteiger partial charge on any atom is 0.573 e. The molecule has 4 aromatic rings. The molecule has 3 amide bonds. The van der Waals surface area contributed by atoms with Crippen molar-refractivity contribution in [2.24, 2.45) is 0 Å². The molecule has 4 rings (SSSR count). The number of nitrogens with zero attached hydrogens (tertiary/aromatic N) is 3. The van der Waals surface area contributed by atoms with E-state index in [1.165, 1.54) is 12.1 Å². The number of alkyl halides is 3. The number of nitrogens with one attached hydrogen (secondary N) is 4. The SMILES string of the molecule is CNC(=O)c1cc(Nc2ncc(C)c(N(C)c3ccc(NC(=O)Nc4ccc(OC(F)(F)F)cc4)cc3)n2)ccc1C. The Hall–Kier alpha value is -5.33. The summed E-state index contributed by atoms with van der Waals surface area (Å²) in [5.74, 6) is 0.412. The van der Waals surface area contributed by atoms with E-state index in [9.17, 15) is 22.8 Å². The average molecular weight is 580 g/mol. The maximum absolute atomic E-state index is 12.4. The van der Waals surface area contributed by atoms with E-state index in [2.05, 4.69) is 36.0 Å². The van der Waals surface area contributed by atoms with Crippen LogP contribution in [0.3, 0.4) is 0 Å². The first-order valence-electron chi connectivity index (χ1n) is 12.6. The van der Waals surface area contributed by atoms with Crippen LogP contribution in [0.25, 0.3) is 0 Å². The van der Waals surface area contributed by atoms with Crippen LogP contribution in [-0.2, 0) is 0 Å². The summed E-state index contributed by atoms with van der Waals surface area (Å²) in [6.07, 6.45) is -3.10. The zero-order valence-electron chi connectivity index (χ0n) is 23.1. The predicted molar refractivity (Wildman–Crippen MR) is 155 cm³/mol. The second-order valence-corrected chi connectivity index (χ2v) is 9.19. The second-order valence-electron chi connectivity index (χ2n) is 9.19. The van der Waals surface area contributed by atoms with Crippen LogP contribution in [0.1, 0.15) is 21.5 Å². The van der Waals surface area contributed by atoms with Crippen molar-refractivity contribution < 1.29 is 27.5 Å². The molecule has 13 heteroatoms. The van der Waals surface area contributed by atoms with Crippen LogP contribution in [0.4, 0.5) is 52.5 Å². The quantitative estimate of drug-likeness (QED) is 0.188. The number of rotatable bonds is 8. The van der Waals surface area contributed by atoms with Gasteiger partial charge in [-0.2, -0.15) is 4.98 Å².